The first-order valence-electron chi connectivity index (χ1n) is 6.31. The Balaban J connectivity index is 2.44. The first kappa shape index (κ1) is 16.1. The predicted molar refractivity (Wildman–Crippen MR) is 74.0 cm³/mol. The van der Waals surface area contributed by atoms with E-state index in [0.717, 1.165) is 16.8 Å². The highest BCUT2D eigenvalue weighted by molar-refractivity contribution is 6.32. The first-order chi connectivity index (χ1) is 10.5. The van der Waals surface area contributed by atoms with Crippen LogP contribution in [-0.4, -0.2) is 28.6 Å². The summed E-state index contributed by atoms with van der Waals surface area (Å²) in [7, 11) is 0. The van der Waals surface area contributed by atoms with E-state index in [2.05, 4.69) is 5.10 Å². The molecule has 2 aromatic rings. The van der Waals surface area contributed by atoms with E-state index >= 15 is 0 Å². The Morgan fingerprint density at radius 2 is 2.05 bits per heavy atom. The summed E-state index contributed by atoms with van der Waals surface area (Å²) in [5, 5.41) is 3.63. The van der Waals surface area contributed by atoms with Crippen molar-refractivity contribution in [1.29, 1.82) is 0 Å². The van der Waals surface area contributed by atoms with Gasteiger partial charge >= 0.3 is 5.97 Å². The van der Waals surface area contributed by atoms with Gasteiger partial charge in [-0.25, -0.2) is 18.3 Å². The van der Waals surface area contributed by atoms with E-state index in [0.29, 0.717) is 6.29 Å². The molecule has 0 spiro atoms. The molecule has 0 radical (unpaired) electrons. The Kier molecular flexibility index (Phi) is 4.87. The van der Waals surface area contributed by atoms with Gasteiger partial charge < -0.3 is 4.74 Å². The largest absolute Gasteiger partial charge is 0.461 e. The third-order valence-electron chi connectivity index (χ3n) is 2.88. The van der Waals surface area contributed by atoms with Crippen molar-refractivity contribution in [3.63, 3.8) is 0 Å². The van der Waals surface area contributed by atoms with Crippen molar-refractivity contribution in [2.45, 2.75) is 13.5 Å². The highest BCUT2D eigenvalue weighted by Gasteiger charge is 2.23. The van der Waals surface area contributed by atoms with Gasteiger partial charge in [0.2, 0.25) is 0 Å². The Labute approximate surface area is 129 Å². The molecule has 0 aliphatic heterocycles. The predicted octanol–water partition coefficient (Wildman–Crippen LogP) is 2.85. The molecular weight excluding hydrogens is 318 g/mol. The number of aldehydes is 1. The number of ether oxygens (including phenoxy) is 1. The zero-order chi connectivity index (χ0) is 16.3. The molecule has 1 aromatic heterocycles. The van der Waals surface area contributed by atoms with Gasteiger partial charge in [-0.05, 0) is 19.1 Å². The number of carbonyl (C=O) groups excluding carboxylic acids is 2. The van der Waals surface area contributed by atoms with E-state index in [1.807, 2.05) is 0 Å². The number of carbonyl (C=O) groups is 2. The van der Waals surface area contributed by atoms with Crippen LogP contribution in [0, 0.1) is 11.6 Å². The lowest BCUT2D eigenvalue weighted by atomic mass is 10.2. The van der Waals surface area contributed by atoms with Gasteiger partial charge in [-0.3, -0.25) is 4.79 Å². The van der Waals surface area contributed by atoms with Gasteiger partial charge in [0.25, 0.3) is 0 Å². The van der Waals surface area contributed by atoms with E-state index < -0.39 is 17.6 Å². The molecule has 0 fully saturated rings. The Hall–Kier alpha value is -2.28. The van der Waals surface area contributed by atoms with Crippen LogP contribution < -0.4 is 0 Å². The summed E-state index contributed by atoms with van der Waals surface area (Å²) in [4.78, 5) is 22.8. The quantitative estimate of drug-likeness (QED) is 0.625. The van der Waals surface area contributed by atoms with Crippen molar-refractivity contribution in [3.05, 3.63) is 51.8 Å². The third kappa shape index (κ3) is 2.99. The van der Waals surface area contributed by atoms with Gasteiger partial charge in [0.1, 0.15) is 16.8 Å². The van der Waals surface area contributed by atoms with Crippen molar-refractivity contribution < 1.29 is 23.1 Å². The first-order valence-corrected chi connectivity index (χ1v) is 6.68. The molecule has 8 heteroatoms. The van der Waals surface area contributed by atoms with Crippen LogP contribution in [0.1, 0.15) is 33.3 Å². The van der Waals surface area contributed by atoms with E-state index in [9.17, 15) is 18.4 Å². The van der Waals surface area contributed by atoms with Crippen molar-refractivity contribution in [3.8, 4) is 0 Å². The summed E-state index contributed by atoms with van der Waals surface area (Å²) in [5.41, 5.74) is -0.754. The summed E-state index contributed by atoms with van der Waals surface area (Å²) >= 11 is 5.94. The van der Waals surface area contributed by atoms with Crippen molar-refractivity contribution >= 4 is 23.9 Å². The number of rotatable bonds is 5. The Morgan fingerprint density at radius 1 is 1.41 bits per heavy atom. The van der Waals surface area contributed by atoms with Crippen LogP contribution >= 0.6 is 11.6 Å². The lowest BCUT2D eigenvalue weighted by Crippen LogP contribution is -2.10. The fourth-order valence-corrected chi connectivity index (χ4v) is 2.08. The highest BCUT2D eigenvalue weighted by atomic mass is 35.5. The van der Waals surface area contributed by atoms with Crippen LogP contribution in [0.15, 0.2) is 18.2 Å². The van der Waals surface area contributed by atoms with Crippen LogP contribution in [-0.2, 0) is 11.3 Å². The van der Waals surface area contributed by atoms with E-state index in [1.54, 1.807) is 6.92 Å². The minimum absolute atomic E-state index is 0.0869. The van der Waals surface area contributed by atoms with Crippen LogP contribution in [0.2, 0.25) is 5.15 Å². The summed E-state index contributed by atoms with van der Waals surface area (Å²) in [6, 6.07) is 3.39. The molecule has 22 heavy (non-hydrogen) atoms. The maximum absolute atomic E-state index is 13.7. The fraction of sp³-hybridized carbons (Fsp3) is 0.214. The molecule has 0 bridgehead atoms. The van der Waals surface area contributed by atoms with E-state index in [1.165, 1.54) is 6.07 Å². The third-order valence-corrected chi connectivity index (χ3v) is 3.28. The van der Waals surface area contributed by atoms with Crippen LogP contribution in [0.4, 0.5) is 8.78 Å². The topological polar surface area (TPSA) is 61.2 Å². The molecule has 5 nitrogen and oxygen atoms in total. The van der Waals surface area contributed by atoms with Crippen molar-refractivity contribution in [2.75, 3.05) is 6.61 Å². The van der Waals surface area contributed by atoms with Crippen LogP contribution in [0.25, 0.3) is 0 Å². The molecular formula is C14H11ClF2N2O3. The average Bonchev–Trinajstić information content (AvgIpc) is 2.79. The van der Waals surface area contributed by atoms with Gasteiger partial charge in [0, 0.05) is 5.56 Å². The van der Waals surface area contributed by atoms with Crippen molar-refractivity contribution in [1.82, 2.24) is 9.78 Å². The molecule has 0 aliphatic carbocycles. The SMILES string of the molecule is CCOC(=O)c1nn(Cc2c(F)cccc2F)c(Cl)c1C=O. The zero-order valence-electron chi connectivity index (χ0n) is 11.5. The Bertz CT molecular complexity index is 711. The molecule has 0 unspecified atom stereocenters. The molecule has 1 heterocycles. The number of benzene rings is 1. The van der Waals surface area contributed by atoms with Gasteiger partial charge in [0.15, 0.2) is 12.0 Å². The monoisotopic (exact) mass is 328 g/mol. The molecule has 0 saturated heterocycles. The number of halogens is 3. The second-order valence-electron chi connectivity index (χ2n) is 4.25. The normalized spacial score (nSPS) is 10.5. The number of hydrogen-bond donors (Lipinski definition) is 0. The molecule has 2 rings (SSSR count). The lowest BCUT2D eigenvalue weighted by molar-refractivity contribution is 0.0516. The minimum Gasteiger partial charge on any atom is -0.461 e. The minimum atomic E-state index is -0.834. The standard InChI is InChI=1S/C14H11ClF2N2O3/c1-2-22-14(21)12-9(7-20)13(15)19(18-12)6-8-10(16)4-3-5-11(8)17/h3-5,7H,2,6H2,1H3. The highest BCUT2D eigenvalue weighted by Crippen LogP contribution is 2.22. The zero-order valence-corrected chi connectivity index (χ0v) is 12.2. The second-order valence-corrected chi connectivity index (χ2v) is 4.61. The lowest BCUT2D eigenvalue weighted by Gasteiger charge is -2.06. The van der Waals surface area contributed by atoms with Gasteiger partial charge in [0.05, 0.1) is 18.7 Å². The van der Waals surface area contributed by atoms with Gasteiger partial charge in [-0.1, -0.05) is 17.7 Å². The molecule has 116 valence electrons. The second kappa shape index (κ2) is 6.65. The summed E-state index contributed by atoms with van der Waals surface area (Å²) in [6.07, 6.45) is 0.343. The maximum Gasteiger partial charge on any atom is 0.359 e. The van der Waals surface area contributed by atoms with Crippen molar-refractivity contribution in [2.24, 2.45) is 0 Å². The molecule has 0 amide bonds. The van der Waals surface area contributed by atoms with E-state index in [4.69, 9.17) is 16.3 Å². The van der Waals surface area contributed by atoms with Crippen LogP contribution in [0.3, 0.4) is 0 Å². The number of hydrogen-bond acceptors (Lipinski definition) is 4. The number of esters is 1. The Morgan fingerprint density at radius 3 is 2.59 bits per heavy atom. The maximum atomic E-state index is 13.7. The molecule has 1 aromatic carbocycles. The fourth-order valence-electron chi connectivity index (χ4n) is 1.85. The van der Waals surface area contributed by atoms with Gasteiger partial charge in [-0.2, -0.15) is 5.10 Å². The van der Waals surface area contributed by atoms with Gasteiger partial charge in [-0.15, -0.1) is 0 Å². The summed E-state index contributed by atoms with van der Waals surface area (Å²) in [6.45, 7) is 1.31. The molecule has 0 N–H and O–H groups in total. The molecule has 0 atom stereocenters. The van der Waals surface area contributed by atoms with Crippen LogP contribution in [0.5, 0.6) is 0 Å². The van der Waals surface area contributed by atoms with E-state index in [-0.39, 0.29) is 35.1 Å². The average molecular weight is 329 g/mol. The summed E-state index contributed by atoms with van der Waals surface area (Å²) < 4.78 is 33.0. The smallest absolute Gasteiger partial charge is 0.359 e. The molecule has 0 aliphatic rings. The summed E-state index contributed by atoms with van der Waals surface area (Å²) in [5.74, 6) is -2.40. The number of nitrogens with zero attached hydrogens (tertiary/aromatic N) is 2. The molecule has 0 saturated carbocycles. The number of aromatic nitrogens is 2.